The van der Waals surface area contributed by atoms with Gasteiger partial charge in [0.15, 0.2) is 0 Å². The van der Waals surface area contributed by atoms with Crippen LogP contribution in [0.4, 0.5) is 5.69 Å². The number of hydrogen-bond acceptors (Lipinski definition) is 5. The fourth-order valence-electron chi connectivity index (χ4n) is 3.56. The fourth-order valence-corrected chi connectivity index (χ4v) is 3.56. The molecule has 1 heterocycles. The smallest absolute Gasteiger partial charge is 0.270 e. The lowest BCUT2D eigenvalue weighted by molar-refractivity contribution is -0.129. The normalized spacial score (nSPS) is 14.4. The Balaban J connectivity index is 1.66. The van der Waals surface area contributed by atoms with Crippen LogP contribution in [-0.4, -0.2) is 75.0 Å². The van der Waals surface area contributed by atoms with Crippen LogP contribution in [0.5, 0.6) is 5.75 Å². The van der Waals surface area contributed by atoms with Gasteiger partial charge >= 0.3 is 0 Å². The van der Waals surface area contributed by atoms with Gasteiger partial charge in [0.25, 0.3) is 5.91 Å². The summed E-state index contributed by atoms with van der Waals surface area (Å²) in [6, 6.07) is 17.5. The van der Waals surface area contributed by atoms with Crippen LogP contribution in [-0.2, 0) is 9.59 Å². The molecule has 0 radical (unpaired) electrons. The summed E-state index contributed by atoms with van der Waals surface area (Å²) in [5.41, 5.74) is 2.21. The SMILES string of the molecule is CC(=O)N/C(=C/c1ccccc1)C(=O)N1CCN(c2ccccc2OCCN(C)C)CC1. The molecule has 2 aromatic carbocycles. The Kier molecular flexibility index (Phi) is 8.27. The highest BCUT2D eigenvalue weighted by atomic mass is 16.5. The number of carbonyl (C=O) groups excluding carboxylic acids is 2. The van der Waals surface area contributed by atoms with E-state index in [1.807, 2.05) is 62.6 Å². The van der Waals surface area contributed by atoms with Gasteiger partial charge in [0.1, 0.15) is 18.1 Å². The Bertz CT molecular complexity index is 935. The van der Waals surface area contributed by atoms with Crippen molar-refractivity contribution in [3.63, 3.8) is 0 Å². The molecule has 1 fully saturated rings. The maximum Gasteiger partial charge on any atom is 0.270 e. The van der Waals surface area contributed by atoms with Gasteiger partial charge in [0, 0.05) is 39.6 Å². The molecule has 170 valence electrons. The molecule has 32 heavy (non-hydrogen) atoms. The molecule has 3 rings (SSSR count). The highest BCUT2D eigenvalue weighted by Crippen LogP contribution is 2.29. The minimum absolute atomic E-state index is 0.167. The molecule has 7 heteroatoms. The van der Waals surface area contributed by atoms with Gasteiger partial charge < -0.3 is 24.8 Å². The summed E-state index contributed by atoms with van der Waals surface area (Å²) in [4.78, 5) is 31.0. The largest absolute Gasteiger partial charge is 0.490 e. The number of nitrogens with one attached hydrogen (secondary N) is 1. The van der Waals surface area contributed by atoms with Crippen molar-refractivity contribution >= 4 is 23.6 Å². The van der Waals surface area contributed by atoms with Crippen LogP contribution >= 0.6 is 0 Å². The number of amides is 2. The zero-order chi connectivity index (χ0) is 22.9. The van der Waals surface area contributed by atoms with Crippen LogP contribution in [0.3, 0.4) is 0 Å². The van der Waals surface area contributed by atoms with Gasteiger partial charge in [-0.25, -0.2) is 0 Å². The van der Waals surface area contributed by atoms with Crippen molar-refractivity contribution < 1.29 is 14.3 Å². The maximum atomic E-state index is 13.1. The molecule has 0 aromatic heterocycles. The first-order valence-electron chi connectivity index (χ1n) is 10.9. The van der Waals surface area contributed by atoms with Crippen molar-refractivity contribution in [3.05, 3.63) is 65.9 Å². The molecule has 0 unspecified atom stereocenters. The summed E-state index contributed by atoms with van der Waals surface area (Å²) in [7, 11) is 4.04. The first-order valence-corrected chi connectivity index (χ1v) is 10.9. The molecule has 0 saturated carbocycles. The van der Waals surface area contributed by atoms with Gasteiger partial charge in [0.2, 0.25) is 5.91 Å². The average molecular weight is 437 g/mol. The average Bonchev–Trinajstić information content (AvgIpc) is 2.79. The number of ether oxygens (including phenoxy) is 1. The quantitative estimate of drug-likeness (QED) is 0.644. The Labute approximate surface area is 190 Å². The number of para-hydroxylation sites is 2. The van der Waals surface area contributed by atoms with Crippen molar-refractivity contribution in [1.29, 1.82) is 0 Å². The van der Waals surface area contributed by atoms with E-state index in [4.69, 9.17) is 4.74 Å². The van der Waals surface area contributed by atoms with Crippen LogP contribution in [0.25, 0.3) is 6.08 Å². The molecule has 0 atom stereocenters. The van der Waals surface area contributed by atoms with E-state index < -0.39 is 0 Å². The number of hydrogen-bond donors (Lipinski definition) is 1. The summed E-state index contributed by atoms with van der Waals surface area (Å²) < 4.78 is 6.00. The molecule has 7 nitrogen and oxygen atoms in total. The third-order valence-electron chi connectivity index (χ3n) is 5.22. The first kappa shape index (κ1) is 23.3. The number of likely N-dealkylation sites (N-methyl/N-ethyl adjacent to an activating group) is 1. The summed E-state index contributed by atoms with van der Waals surface area (Å²) in [6.45, 7) is 5.39. The molecular formula is C25H32N4O3. The van der Waals surface area contributed by atoms with E-state index in [0.717, 1.165) is 23.5 Å². The summed E-state index contributed by atoms with van der Waals surface area (Å²) in [5, 5.41) is 2.70. The Morgan fingerprint density at radius 1 is 1.00 bits per heavy atom. The van der Waals surface area contributed by atoms with Crippen molar-refractivity contribution in [2.24, 2.45) is 0 Å². The van der Waals surface area contributed by atoms with Crippen molar-refractivity contribution in [1.82, 2.24) is 15.1 Å². The minimum atomic E-state index is -0.261. The van der Waals surface area contributed by atoms with E-state index in [1.54, 1.807) is 11.0 Å². The highest BCUT2D eigenvalue weighted by Gasteiger charge is 2.25. The van der Waals surface area contributed by atoms with Crippen LogP contribution in [0.2, 0.25) is 0 Å². The van der Waals surface area contributed by atoms with E-state index in [0.29, 0.717) is 38.5 Å². The number of nitrogens with zero attached hydrogens (tertiary/aromatic N) is 3. The van der Waals surface area contributed by atoms with E-state index in [2.05, 4.69) is 21.2 Å². The van der Waals surface area contributed by atoms with Crippen LogP contribution in [0, 0.1) is 0 Å². The van der Waals surface area contributed by atoms with Gasteiger partial charge in [-0.3, -0.25) is 9.59 Å². The second kappa shape index (κ2) is 11.3. The molecule has 2 aromatic rings. The number of anilines is 1. The Morgan fingerprint density at radius 3 is 2.31 bits per heavy atom. The van der Waals surface area contributed by atoms with Crippen LogP contribution < -0.4 is 15.0 Å². The highest BCUT2D eigenvalue weighted by molar-refractivity contribution is 6.01. The van der Waals surface area contributed by atoms with Crippen LogP contribution in [0.1, 0.15) is 12.5 Å². The minimum Gasteiger partial charge on any atom is -0.490 e. The molecule has 2 amide bonds. The van der Waals surface area contributed by atoms with Crippen LogP contribution in [0.15, 0.2) is 60.3 Å². The fraction of sp³-hybridized carbons (Fsp3) is 0.360. The molecule has 1 aliphatic rings. The van der Waals surface area contributed by atoms with E-state index in [9.17, 15) is 9.59 Å². The standard InChI is InChI=1S/C25H32N4O3/c1-20(30)26-22(19-21-9-5-4-6-10-21)25(31)29-15-13-28(14-16-29)23-11-7-8-12-24(23)32-18-17-27(2)3/h4-12,19H,13-18H2,1-3H3,(H,26,30)/b22-19+. The van der Waals surface area contributed by atoms with Crippen molar-refractivity contribution in [2.75, 3.05) is 58.3 Å². The lowest BCUT2D eigenvalue weighted by Crippen LogP contribution is -2.50. The molecular weight excluding hydrogens is 404 g/mol. The Morgan fingerprint density at radius 2 is 1.66 bits per heavy atom. The van der Waals surface area contributed by atoms with Crippen molar-refractivity contribution in [3.8, 4) is 5.75 Å². The summed E-state index contributed by atoms with van der Waals surface area (Å²) >= 11 is 0. The van der Waals surface area contributed by atoms with Gasteiger partial charge in [-0.15, -0.1) is 0 Å². The predicted molar refractivity (Wildman–Crippen MR) is 128 cm³/mol. The molecule has 1 N–H and O–H groups in total. The van der Waals surface area contributed by atoms with Gasteiger partial charge in [-0.2, -0.15) is 0 Å². The van der Waals surface area contributed by atoms with Crippen molar-refractivity contribution in [2.45, 2.75) is 6.92 Å². The lowest BCUT2D eigenvalue weighted by atomic mass is 10.1. The second-order valence-corrected chi connectivity index (χ2v) is 8.05. The number of piperazine rings is 1. The van der Waals surface area contributed by atoms with E-state index in [1.165, 1.54) is 6.92 Å². The molecule has 1 saturated heterocycles. The van der Waals surface area contributed by atoms with Gasteiger partial charge in [-0.05, 0) is 37.9 Å². The monoisotopic (exact) mass is 436 g/mol. The first-order chi connectivity index (χ1) is 15.4. The zero-order valence-corrected chi connectivity index (χ0v) is 19.1. The third-order valence-corrected chi connectivity index (χ3v) is 5.22. The number of benzene rings is 2. The molecule has 0 spiro atoms. The zero-order valence-electron chi connectivity index (χ0n) is 19.1. The second-order valence-electron chi connectivity index (χ2n) is 8.05. The third kappa shape index (κ3) is 6.59. The summed E-state index contributed by atoms with van der Waals surface area (Å²) in [6.07, 6.45) is 1.73. The predicted octanol–water partition coefficient (Wildman–Crippen LogP) is 2.45. The van der Waals surface area contributed by atoms with Gasteiger partial charge in [-0.1, -0.05) is 42.5 Å². The van der Waals surface area contributed by atoms with E-state index in [-0.39, 0.29) is 11.8 Å². The number of rotatable bonds is 8. The molecule has 1 aliphatic heterocycles. The topological polar surface area (TPSA) is 65.1 Å². The Hall–Kier alpha value is -3.32. The molecule has 0 aliphatic carbocycles. The van der Waals surface area contributed by atoms with E-state index >= 15 is 0 Å². The van der Waals surface area contributed by atoms with Gasteiger partial charge in [0.05, 0.1) is 5.69 Å². The molecule has 0 bridgehead atoms. The number of carbonyl (C=O) groups is 2. The maximum absolute atomic E-state index is 13.1. The lowest BCUT2D eigenvalue weighted by Gasteiger charge is -2.37. The summed E-state index contributed by atoms with van der Waals surface area (Å²) in [5.74, 6) is 0.430.